The van der Waals surface area contributed by atoms with Crippen molar-refractivity contribution < 1.29 is 0 Å². The molecule has 0 aromatic carbocycles. The van der Waals surface area contributed by atoms with E-state index in [4.69, 9.17) is 0 Å². The predicted octanol–water partition coefficient (Wildman–Crippen LogP) is 4.42. The Hall–Kier alpha value is -0.0900. The Morgan fingerprint density at radius 2 is 1.50 bits per heavy atom. The molecule has 0 saturated carbocycles. The Labute approximate surface area is 90.2 Å². The zero-order valence-corrected chi connectivity index (χ0v) is 10.8. The molecule has 0 amide bonds. The molecule has 0 fully saturated rings. The molecule has 0 saturated heterocycles. The number of hydrogen-bond donors (Lipinski definition) is 0. The van der Waals surface area contributed by atoms with Gasteiger partial charge in [-0.05, 0) is 29.8 Å². The number of allylic oxidation sites excluding steroid dienone is 4. The van der Waals surface area contributed by atoms with E-state index in [1.807, 2.05) is 0 Å². The van der Waals surface area contributed by atoms with Crippen LogP contribution < -0.4 is 0 Å². The first-order valence-corrected chi connectivity index (χ1v) is 7.38. The Bertz CT molecular complexity index is 193. The van der Waals surface area contributed by atoms with Crippen LogP contribution in [0.3, 0.4) is 0 Å². The van der Waals surface area contributed by atoms with Crippen LogP contribution in [-0.2, 0) is 0 Å². The maximum absolute atomic E-state index is 2.38. The molecule has 0 unspecified atom stereocenters. The van der Waals surface area contributed by atoms with Crippen LogP contribution in [-0.4, -0.2) is 17.5 Å². The molecule has 0 nitrogen and oxygen atoms in total. The van der Waals surface area contributed by atoms with Gasteiger partial charge in [-0.2, -0.15) is 0 Å². The van der Waals surface area contributed by atoms with Crippen molar-refractivity contribution in [2.24, 2.45) is 5.92 Å². The van der Waals surface area contributed by atoms with Gasteiger partial charge in [0, 0.05) is 0 Å². The van der Waals surface area contributed by atoms with Crippen LogP contribution in [0.25, 0.3) is 0 Å². The van der Waals surface area contributed by atoms with Gasteiger partial charge in [0.1, 0.15) is 0 Å². The molecule has 0 heterocycles. The van der Waals surface area contributed by atoms with Gasteiger partial charge in [0.15, 0.2) is 0 Å². The molecule has 1 rings (SSSR count). The third kappa shape index (κ3) is 3.58. The molecular formula is C13H23P. The molecule has 0 atom stereocenters. The largest absolute Gasteiger partial charge is 0.101 e. The molecule has 0 aliphatic heterocycles. The highest BCUT2D eigenvalue weighted by atomic mass is 31.1. The quantitative estimate of drug-likeness (QED) is 0.589. The lowest BCUT2D eigenvalue weighted by Crippen LogP contribution is -2.08. The van der Waals surface area contributed by atoms with Crippen LogP contribution in [0.15, 0.2) is 24.3 Å². The zero-order valence-electron chi connectivity index (χ0n) is 9.90. The van der Waals surface area contributed by atoms with Gasteiger partial charge in [0.25, 0.3) is 0 Å². The smallest absolute Gasteiger partial charge is 0.00439 e. The van der Waals surface area contributed by atoms with E-state index in [2.05, 4.69) is 52.0 Å². The summed E-state index contributed by atoms with van der Waals surface area (Å²) in [6.45, 7) is 9.52. The van der Waals surface area contributed by atoms with Crippen LogP contribution in [0.4, 0.5) is 0 Å². The Kier molecular flexibility index (Phi) is 4.89. The summed E-state index contributed by atoms with van der Waals surface area (Å²) in [6.07, 6.45) is 11.8. The fourth-order valence-electron chi connectivity index (χ4n) is 2.08. The Balaban J connectivity index is 2.33. The number of hydrogen-bond acceptors (Lipinski definition) is 0. The molecule has 80 valence electrons. The zero-order chi connectivity index (χ0) is 10.6. The van der Waals surface area contributed by atoms with Crippen LogP contribution in [0.2, 0.25) is 0 Å². The summed E-state index contributed by atoms with van der Waals surface area (Å²) in [4.78, 5) is 0. The normalized spacial score (nSPS) is 16.8. The van der Waals surface area contributed by atoms with Crippen molar-refractivity contribution in [3.05, 3.63) is 24.3 Å². The molecule has 0 spiro atoms. The monoisotopic (exact) mass is 210 g/mol. The van der Waals surface area contributed by atoms with E-state index in [1.165, 1.54) is 12.6 Å². The highest BCUT2D eigenvalue weighted by Crippen LogP contribution is 2.47. The summed E-state index contributed by atoms with van der Waals surface area (Å²) in [7, 11) is 0.237. The van der Waals surface area contributed by atoms with E-state index >= 15 is 0 Å². The van der Waals surface area contributed by atoms with Crippen molar-refractivity contribution in [2.45, 2.75) is 45.4 Å². The summed E-state index contributed by atoms with van der Waals surface area (Å²) < 4.78 is 0. The average Bonchev–Trinajstić information content (AvgIpc) is 2.55. The lowest BCUT2D eigenvalue weighted by atomic mass is 10.1. The van der Waals surface area contributed by atoms with Gasteiger partial charge < -0.3 is 0 Å². The Morgan fingerprint density at radius 1 is 1.00 bits per heavy atom. The molecule has 0 radical (unpaired) electrons. The molecule has 0 aromatic rings. The van der Waals surface area contributed by atoms with Gasteiger partial charge in [0.05, 0.1) is 0 Å². The molecule has 14 heavy (non-hydrogen) atoms. The summed E-state index contributed by atoms with van der Waals surface area (Å²) in [5.41, 5.74) is 1.78. The highest BCUT2D eigenvalue weighted by Gasteiger charge is 2.17. The predicted molar refractivity (Wildman–Crippen MR) is 68.4 cm³/mol. The average molecular weight is 210 g/mol. The summed E-state index contributed by atoms with van der Waals surface area (Å²) in [5.74, 6) is 0.734. The maximum Gasteiger partial charge on any atom is -0.00439 e. The van der Waals surface area contributed by atoms with E-state index in [0.29, 0.717) is 0 Å². The summed E-state index contributed by atoms with van der Waals surface area (Å²) >= 11 is 0. The van der Waals surface area contributed by atoms with E-state index in [-0.39, 0.29) is 7.92 Å². The fraction of sp³-hybridized carbons (Fsp3) is 0.692. The second-order valence-corrected chi connectivity index (χ2v) is 8.19. The lowest BCUT2D eigenvalue weighted by molar-refractivity contribution is 0.781. The second kappa shape index (κ2) is 5.71. The van der Waals surface area contributed by atoms with Gasteiger partial charge in [-0.1, -0.05) is 52.0 Å². The van der Waals surface area contributed by atoms with Crippen molar-refractivity contribution in [1.82, 2.24) is 0 Å². The standard InChI is InChI=1S/C13H23P/c1-11(2)14(12(3)4)10-9-13-7-5-6-8-13/h5-8,11-13H,9-10H2,1-4H3. The van der Waals surface area contributed by atoms with Gasteiger partial charge in [-0.15, -0.1) is 7.92 Å². The minimum Gasteiger partial charge on any atom is -0.101 e. The van der Waals surface area contributed by atoms with Crippen LogP contribution in [0.5, 0.6) is 0 Å². The molecule has 1 aliphatic rings. The van der Waals surface area contributed by atoms with Crippen molar-refractivity contribution in [3.8, 4) is 0 Å². The molecule has 1 aliphatic carbocycles. The SMILES string of the molecule is CC(C)P(CCC1C=CC=C1)C(C)C. The fourth-order valence-corrected chi connectivity index (χ4v) is 4.90. The number of rotatable bonds is 5. The molecule has 1 heteroatoms. The topological polar surface area (TPSA) is 0 Å². The van der Waals surface area contributed by atoms with Crippen molar-refractivity contribution in [2.75, 3.05) is 6.16 Å². The first kappa shape index (κ1) is 12.0. The molecule has 0 bridgehead atoms. The molecule has 0 N–H and O–H groups in total. The van der Waals surface area contributed by atoms with Crippen LogP contribution >= 0.6 is 7.92 Å². The van der Waals surface area contributed by atoms with E-state index in [0.717, 1.165) is 17.2 Å². The first-order chi connectivity index (χ1) is 6.61. The maximum atomic E-state index is 2.38. The van der Waals surface area contributed by atoms with Gasteiger partial charge in [-0.25, -0.2) is 0 Å². The second-order valence-electron chi connectivity index (χ2n) is 4.65. The lowest BCUT2D eigenvalue weighted by Gasteiger charge is -2.26. The Morgan fingerprint density at radius 3 is 1.93 bits per heavy atom. The van der Waals surface area contributed by atoms with Crippen molar-refractivity contribution in [3.63, 3.8) is 0 Å². The van der Waals surface area contributed by atoms with Gasteiger partial charge >= 0.3 is 0 Å². The van der Waals surface area contributed by atoms with Gasteiger partial charge in [0.2, 0.25) is 0 Å². The minimum atomic E-state index is 0.237. The summed E-state index contributed by atoms with van der Waals surface area (Å²) in [5, 5.41) is 0. The van der Waals surface area contributed by atoms with Crippen molar-refractivity contribution in [1.29, 1.82) is 0 Å². The molecular weight excluding hydrogens is 187 g/mol. The minimum absolute atomic E-state index is 0.237. The van der Waals surface area contributed by atoms with E-state index in [9.17, 15) is 0 Å². The first-order valence-electron chi connectivity index (χ1n) is 5.72. The third-order valence-electron chi connectivity index (χ3n) is 2.87. The van der Waals surface area contributed by atoms with Crippen LogP contribution in [0, 0.1) is 5.92 Å². The van der Waals surface area contributed by atoms with E-state index in [1.54, 1.807) is 0 Å². The van der Waals surface area contributed by atoms with E-state index < -0.39 is 0 Å². The van der Waals surface area contributed by atoms with Crippen LogP contribution in [0.1, 0.15) is 34.1 Å². The molecule has 0 aromatic heterocycles. The summed E-state index contributed by atoms with van der Waals surface area (Å²) in [6, 6.07) is 0. The third-order valence-corrected chi connectivity index (χ3v) is 6.30. The van der Waals surface area contributed by atoms with Crippen molar-refractivity contribution >= 4 is 7.92 Å². The van der Waals surface area contributed by atoms with Gasteiger partial charge in [-0.3, -0.25) is 0 Å². The highest BCUT2D eigenvalue weighted by molar-refractivity contribution is 7.59.